The highest BCUT2D eigenvalue weighted by atomic mass is 16.1. The zero-order valence-electron chi connectivity index (χ0n) is 14.2. The molecule has 0 fully saturated rings. The van der Waals surface area contributed by atoms with Crippen LogP contribution in [0.25, 0.3) is 11.1 Å². The first-order valence-electron chi connectivity index (χ1n) is 8.06. The summed E-state index contributed by atoms with van der Waals surface area (Å²) in [7, 11) is 0. The van der Waals surface area contributed by atoms with Crippen LogP contribution in [0.4, 0.5) is 5.69 Å². The second-order valence-electron chi connectivity index (χ2n) is 5.99. The van der Waals surface area contributed by atoms with Gasteiger partial charge in [-0.05, 0) is 60.9 Å². The third-order valence-electron chi connectivity index (χ3n) is 4.22. The third-order valence-corrected chi connectivity index (χ3v) is 4.22. The van der Waals surface area contributed by atoms with E-state index in [0.717, 1.165) is 22.4 Å². The highest BCUT2D eigenvalue weighted by Crippen LogP contribution is 2.29. The van der Waals surface area contributed by atoms with E-state index < -0.39 is 0 Å². The molecule has 0 bridgehead atoms. The average molecular weight is 326 g/mol. The molecule has 3 aromatic carbocycles. The lowest BCUT2D eigenvalue weighted by Gasteiger charge is -2.13. The van der Waals surface area contributed by atoms with Crippen LogP contribution in [0, 0.1) is 25.2 Å². The van der Waals surface area contributed by atoms with E-state index in [9.17, 15) is 4.79 Å². The zero-order chi connectivity index (χ0) is 17.8. The van der Waals surface area contributed by atoms with Crippen molar-refractivity contribution in [1.29, 1.82) is 5.26 Å². The number of amides is 1. The number of carbonyl (C=O) groups excluding carboxylic acids is 1. The van der Waals surface area contributed by atoms with E-state index in [4.69, 9.17) is 5.26 Å². The van der Waals surface area contributed by atoms with Gasteiger partial charge in [-0.25, -0.2) is 0 Å². The molecule has 0 aliphatic heterocycles. The van der Waals surface area contributed by atoms with Gasteiger partial charge in [0.25, 0.3) is 5.91 Å². The minimum atomic E-state index is -0.186. The van der Waals surface area contributed by atoms with Crippen molar-refractivity contribution in [1.82, 2.24) is 0 Å². The Labute approximate surface area is 147 Å². The van der Waals surface area contributed by atoms with Gasteiger partial charge in [-0.15, -0.1) is 0 Å². The number of carbonyl (C=O) groups is 1. The summed E-state index contributed by atoms with van der Waals surface area (Å²) in [5, 5.41) is 11.8. The van der Waals surface area contributed by atoms with E-state index in [-0.39, 0.29) is 5.91 Å². The number of anilines is 1. The molecule has 0 unspecified atom stereocenters. The summed E-state index contributed by atoms with van der Waals surface area (Å²) in [6, 6.07) is 22.9. The normalized spacial score (nSPS) is 10.1. The van der Waals surface area contributed by atoms with E-state index in [1.807, 2.05) is 25.1 Å². The predicted molar refractivity (Wildman–Crippen MR) is 100 cm³/mol. The Hall–Kier alpha value is -3.38. The molecule has 3 aromatic rings. The first kappa shape index (κ1) is 16.5. The zero-order valence-corrected chi connectivity index (χ0v) is 14.2. The summed E-state index contributed by atoms with van der Waals surface area (Å²) in [5.74, 6) is -0.186. The summed E-state index contributed by atoms with van der Waals surface area (Å²) in [6.07, 6.45) is 0. The Kier molecular flexibility index (Phi) is 4.63. The number of nitrogens with zero attached hydrogens (tertiary/aromatic N) is 1. The molecule has 3 rings (SSSR count). The third kappa shape index (κ3) is 3.59. The molecular weight excluding hydrogens is 308 g/mol. The maximum atomic E-state index is 12.5. The van der Waals surface area contributed by atoms with Gasteiger partial charge in [0.1, 0.15) is 0 Å². The van der Waals surface area contributed by atoms with Gasteiger partial charge in [-0.3, -0.25) is 4.79 Å². The smallest absolute Gasteiger partial charge is 0.255 e. The van der Waals surface area contributed by atoms with Crippen LogP contribution in [0.1, 0.15) is 27.0 Å². The predicted octanol–water partition coefficient (Wildman–Crippen LogP) is 5.09. The Bertz CT molecular complexity index is 949. The SMILES string of the molecule is Cc1ccc(-c2cccc(NC(=O)c3ccc(C#N)cc3)c2C)cc1. The van der Waals surface area contributed by atoms with Crippen LogP contribution in [0.15, 0.2) is 66.7 Å². The summed E-state index contributed by atoms with van der Waals surface area (Å²) < 4.78 is 0. The molecule has 0 atom stereocenters. The Balaban J connectivity index is 1.87. The van der Waals surface area contributed by atoms with Crippen molar-refractivity contribution < 1.29 is 4.79 Å². The van der Waals surface area contributed by atoms with Crippen molar-refractivity contribution in [3.8, 4) is 17.2 Å². The molecule has 3 nitrogen and oxygen atoms in total. The van der Waals surface area contributed by atoms with Crippen molar-refractivity contribution in [3.05, 3.63) is 89.0 Å². The fourth-order valence-corrected chi connectivity index (χ4v) is 2.71. The van der Waals surface area contributed by atoms with Crippen LogP contribution in [-0.4, -0.2) is 5.91 Å². The number of hydrogen-bond acceptors (Lipinski definition) is 2. The van der Waals surface area contributed by atoms with Crippen LogP contribution in [0.5, 0.6) is 0 Å². The number of nitriles is 1. The van der Waals surface area contributed by atoms with E-state index in [1.54, 1.807) is 24.3 Å². The molecule has 3 heteroatoms. The molecule has 1 amide bonds. The molecular formula is C22H18N2O. The standard InChI is InChI=1S/C22H18N2O/c1-15-6-10-18(11-7-15)20-4-3-5-21(16(20)2)24-22(25)19-12-8-17(14-23)9-13-19/h3-13H,1-2H3,(H,24,25). The lowest BCUT2D eigenvalue weighted by atomic mass is 9.98. The first-order valence-corrected chi connectivity index (χ1v) is 8.06. The summed E-state index contributed by atoms with van der Waals surface area (Å²) in [4.78, 5) is 12.5. The largest absolute Gasteiger partial charge is 0.322 e. The van der Waals surface area contributed by atoms with E-state index in [2.05, 4.69) is 42.6 Å². The van der Waals surface area contributed by atoms with Gasteiger partial charge in [-0.2, -0.15) is 5.26 Å². The molecule has 0 spiro atoms. The van der Waals surface area contributed by atoms with Crippen molar-refractivity contribution in [2.24, 2.45) is 0 Å². The number of hydrogen-bond donors (Lipinski definition) is 1. The summed E-state index contributed by atoms with van der Waals surface area (Å²) in [5.41, 5.74) is 6.30. The van der Waals surface area contributed by atoms with Gasteiger partial charge in [-0.1, -0.05) is 42.0 Å². The minimum absolute atomic E-state index is 0.186. The lowest BCUT2D eigenvalue weighted by Crippen LogP contribution is -2.13. The first-order chi connectivity index (χ1) is 12.1. The maximum Gasteiger partial charge on any atom is 0.255 e. The van der Waals surface area contributed by atoms with Gasteiger partial charge < -0.3 is 5.32 Å². The molecule has 122 valence electrons. The Morgan fingerprint density at radius 3 is 2.24 bits per heavy atom. The fraction of sp³-hybridized carbons (Fsp3) is 0.0909. The van der Waals surface area contributed by atoms with Crippen LogP contribution in [0.2, 0.25) is 0 Å². The van der Waals surface area contributed by atoms with E-state index in [0.29, 0.717) is 11.1 Å². The van der Waals surface area contributed by atoms with Gasteiger partial charge in [0.2, 0.25) is 0 Å². The van der Waals surface area contributed by atoms with Gasteiger partial charge in [0, 0.05) is 11.3 Å². The molecule has 0 saturated heterocycles. The van der Waals surface area contributed by atoms with Gasteiger partial charge >= 0.3 is 0 Å². The second-order valence-corrected chi connectivity index (χ2v) is 5.99. The molecule has 0 aromatic heterocycles. The molecule has 1 N–H and O–H groups in total. The fourth-order valence-electron chi connectivity index (χ4n) is 2.71. The molecule has 0 aliphatic carbocycles. The van der Waals surface area contributed by atoms with Crippen LogP contribution < -0.4 is 5.32 Å². The van der Waals surface area contributed by atoms with Crippen molar-refractivity contribution in [3.63, 3.8) is 0 Å². The van der Waals surface area contributed by atoms with Crippen molar-refractivity contribution in [2.45, 2.75) is 13.8 Å². The Morgan fingerprint density at radius 1 is 0.920 bits per heavy atom. The maximum absolute atomic E-state index is 12.5. The summed E-state index contributed by atoms with van der Waals surface area (Å²) in [6.45, 7) is 4.06. The number of rotatable bonds is 3. The lowest BCUT2D eigenvalue weighted by molar-refractivity contribution is 0.102. The van der Waals surface area contributed by atoms with E-state index in [1.165, 1.54) is 5.56 Å². The average Bonchev–Trinajstić information content (AvgIpc) is 2.64. The van der Waals surface area contributed by atoms with Crippen LogP contribution in [0.3, 0.4) is 0 Å². The van der Waals surface area contributed by atoms with Crippen LogP contribution >= 0.6 is 0 Å². The number of benzene rings is 3. The van der Waals surface area contributed by atoms with Crippen molar-refractivity contribution in [2.75, 3.05) is 5.32 Å². The molecule has 0 aliphatic rings. The molecule has 0 radical (unpaired) electrons. The summed E-state index contributed by atoms with van der Waals surface area (Å²) >= 11 is 0. The van der Waals surface area contributed by atoms with Gasteiger partial charge in [0.15, 0.2) is 0 Å². The molecule has 0 saturated carbocycles. The second kappa shape index (κ2) is 7.02. The highest BCUT2D eigenvalue weighted by Gasteiger charge is 2.10. The monoisotopic (exact) mass is 326 g/mol. The number of aryl methyl sites for hydroxylation is 1. The Morgan fingerprint density at radius 2 is 1.60 bits per heavy atom. The quantitative estimate of drug-likeness (QED) is 0.728. The topological polar surface area (TPSA) is 52.9 Å². The number of nitrogens with one attached hydrogen (secondary N) is 1. The molecule has 25 heavy (non-hydrogen) atoms. The van der Waals surface area contributed by atoms with Gasteiger partial charge in [0.05, 0.1) is 11.6 Å². The van der Waals surface area contributed by atoms with Crippen LogP contribution in [-0.2, 0) is 0 Å². The minimum Gasteiger partial charge on any atom is -0.322 e. The van der Waals surface area contributed by atoms with E-state index >= 15 is 0 Å². The van der Waals surface area contributed by atoms with Crippen molar-refractivity contribution >= 4 is 11.6 Å². The molecule has 0 heterocycles. The highest BCUT2D eigenvalue weighted by molar-refractivity contribution is 6.05.